The topological polar surface area (TPSA) is 104 Å². The zero-order valence-electron chi connectivity index (χ0n) is 22.9. The van der Waals surface area contributed by atoms with Crippen molar-refractivity contribution in [2.24, 2.45) is 13.0 Å². The molecule has 0 bridgehead atoms. The standard InChI is InChI=1S/C28H37N7O3/c1-7-23(21-11-9-8-10-12-21)31-28(38)34(5)26(27(37)33(4)25-14-16-30-35(25)6)22(19-36)17-20-13-15-29-24(18-20)32(2)3/h8-16,18-19,22-23,26H,7,17H2,1-6H3,(H,31,38)/t22-,23+,26-/m0/s1. The average molecular weight is 520 g/mol. The first-order valence-corrected chi connectivity index (χ1v) is 12.6. The molecule has 0 fully saturated rings. The quantitative estimate of drug-likeness (QED) is 0.391. The van der Waals surface area contributed by atoms with Crippen molar-refractivity contribution in [3.63, 3.8) is 0 Å². The van der Waals surface area contributed by atoms with Gasteiger partial charge in [0.25, 0.3) is 5.91 Å². The predicted molar refractivity (Wildman–Crippen MR) is 148 cm³/mol. The van der Waals surface area contributed by atoms with Crippen molar-refractivity contribution in [2.45, 2.75) is 31.8 Å². The molecular weight excluding hydrogens is 482 g/mol. The lowest BCUT2D eigenvalue weighted by atomic mass is 9.91. The highest BCUT2D eigenvalue weighted by molar-refractivity contribution is 5.99. The van der Waals surface area contributed by atoms with E-state index in [9.17, 15) is 14.4 Å². The molecule has 1 aromatic carbocycles. The molecule has 10 heteroatoms. The van der Waals surface area contributed by atoms with Gasteiger partial charge in [-0.1, -0.05) is 37.3 Å². The first-order valence-electron chi connectivity index (χ1n) is 12.6. The first-order chi connectivity index (χ1) is 18.2. The molecule has 0 radical (unpaired) electrons. The summed E-state index contributed by atoms with van der Waals surface area (Å²) in [4.78, 5) is 48.9. The smallest absolute Gasteiger partial charge is 0.318 e. The lowest BCUT2D eigenvalue weighted by Gasteiger charge is -2.35. The van der Waals surface area contributed by atoms with Crippen LogP contribution in [0.4, 0.5) is 16.4 Å². The zero-order chi connectivity index (χ0) is 27.8. The molecule has 202 valence electrons. The number of hydrogen-bond acceptors (Lipinski definition) is 6. The number of pyridine rings is 1. The first kappa shape index (κ1) is 28.4. The van der Waals surface area contributed by atoms with Crippen molar-refractivity contribution in [1.82, 2.24) is 25.0 Å². The largest absolute Gasteiger partial charge is 0.363 e. The summed E-state index contributed by atoms with van der Waals surface area (Å²) in [6, 6.07) is 13.3. The summed E-state index contributed by atoms with van der Waals surface area (Å²) in [6.45, 7) is 1.98. The van der Waals surface area contributed by atoms with Crippen LogP contribution in [0, 0.1) is 5.92 Å². The van der Waals surface area contributed by atoms with Crippen molar-refractivity contribution in [1.29, 1.82) is 0 Å². The van der Waals surface area contributed by atoms with E-state index < -0.39 is 23.9 Å². The zero-order valence-corrected chi connectivity index (χ0v) is 22.9. The Kier molecular flexibility index (Phi) is 9.59. The van der Waals surface area contributed by atoms with E-state index in [0.717, 1.165) is 23.2 Å². The highest BCUT2D eigenvalue weighted by Crippen LogP contribution is 2.23. The van der Waals surface area contributed by atoms with E-state index in [-0.39, 0.29) is 12.5 Å². The third-order valence-electron chi connectivity index (χ3n) is 6.69. The minimum atomic E-state index is -1.06. The second-order valence-corrected chi connectivity index (χ2v) is 9.51. The molecule has 2 heterocycles. The van der Waals surface area contributed by atoms with Crippen LogP contribution in [0.5, 0.6) is 0 Å². The van der Waals surface area contributed by atoms with Crippen molar-refractivity contribution >= 4 is 29.9 Å². The molecule has 1 N–H and O–H groups in total. The van der Waals surface area contributed by atoms with Crippen molar-refractivity contribution in [2.75, 3.05) is 38.0 Å². The van der Waals surface area contributed by atoms with Crippen LogP contribution in [-0.2, 0) is 23.1 Å². The number of benzene rings is 1. The van der Waals surface area contributed by atoms with Gasteiger partial charge in [-0.25, -0.2) is 9.78 Å². The van der Waals surface area contributed by atoms with Gasteiger partial charge in [-0.2, -0.15) is 5.10 Å². The van der Waals surface area contributed by atoms with Crippen LogP contribution in [0.2, 0.25) is 0 Å². The van der Waals surface area contributed by atoms with Crippen LogP contribution in [0.15, 0.2) is 60.9 Å². The van der Waals surface area contributed by atoms with E-state index in [1.54, 1.807) is 44.3 Å². The van der Waals surface area contributed by atoms with E-state index in [2.05, 4.69) is 15.4 Å². The number of urea groups is 1. The van der Waals surface area contributed by atoms with Gasteiger partial charge in [0.05, 0.1) is 12.2 Å². The third kappa shape index (κ3) is 6.56. The molecule has 2 aromatic heterocycles. The van der Waals surface area contributed by atoms with Crippen LogP contribution in [0.3, 0.4) is 0 Å². The Balaban J connectivity index is 1.94. The molecule has 10 nitrogen and oxygen atoms in total. The van der Waals surface area contributed by atoms with Crippen LogP contribution >= 0.6 is 0 Å². The van der Waals surface area contributed by atoms with Crippen molar-refractivity contribution in [3.05, 3.63) is 72.1 Å². The van der Waals surface area contributed by atoms with Gasteiger partial charge in [-0.3, -0.25) is 14.4 Å². The SMILES string of the molecule is CC[C@@H](NC(=O)N(C)[C@H](C(=O)N(C)c1ccnn1C)[C@H](C=O)Cc1ccnc(N(C)C)c1)c1ccccc1. The highest BCUT2D eigenvalue weighted by Gasteiger charge is 2.38. The summed E-state index contributed by atoms with van der Waals surface area (Å²) >= 11 is 0. The number of anilines is 2. The Labute approximate surface area is 224 Å². The van der Waals surface area contributed by atoms with Gasteiger partial charge < -0.3 is 19.9 Å². The third-order valence-corrected chi connectivity index (χ3v) is 6.69. The van der Waals surface area contributed by atoms with Gasteiger partial charge in [-0.15, -0.1) is 0 Å². The Morgan fingerprint density at radius 2 is 1.76 bits per heavy atom. The maximum Gasteiger partial charge on any atom is 0.318 e. The number of carbonyl (C=O) groups is 3. The van der Waals surface area contributed by atoms with Crippen molar-refractivity contribution in [3.8, 4) is 0 Å². The fourth-order valence-corrected chi connectivity index (χ4v) is 4.47. The molecule has 0 unspecified atom stereocenters. The number of aromatic nitrogens is 3. The predicted octanol–water partition coefficient (Wildman–Crippen LogP) is 3.06. The summed E-state index contributed by atoms with van der Waals surface area (Å²) in [5, 5.41) is 7.19. The molecule has 38 heavy (non-hydrogen) atoms. The molecule has 0 spiro atoms. The van der Waals surface area contributed by atoms with Crippen LogP contribution in [0.1, 0.15) is 30.5 Å². The van der Waals surface area contributed by atoms with E-state index in [0.29, 0.717) is 12.2 Å². The normalized spacial score (nSPS) is 13.2. The number of likely N-dealkylation sites (N-methyl/N-ethyl adjacent to an activating group) is 2. The highest BCUT2D eigenvalue weighted by atomic mass is 16.2. The summed E-state index contributed by atoms with van der Waals surface area (Å²) in [7, 11) is 8.67. The minimum Gasteiger partial charge on any atom is -0.363 e. The Morgan fingerprint density at radius 3 is 2.34 bits per heavy atom. The van der Waals surface area contributed by atoms with Gasteiger partial charge in [0, 0.05) is 53.4 Å². The number of hydrogen-bond donors (Lipinski definition) is 1. The van der Waals surface area contributed by atoms with Gasteiger partial charge in [0.2, 0.25) is 0 Å². The molecule has 3 rings (SSSR count). The molecule has 3 aromatic rings. The average Bonchev–Trinajstić information content (AvgIpc) is 3.36. The maximum absolute atomic E-state index is 13.9. The van der Waals surface area contributed by atoms with E-state index >= 15 is 0 Å². The maximum atomic E-state index is 13.9. The fraction of sp³-hybridized carbons (Fsp3) is 0.393. The van der Waals surface area contributed by atoms with Gasteiger partial charge in [0.15, 0.2) is 0 Å². The molecule has 3 amide bonds. The molecule has 0 aliphatic heterocycles. The Morgan fingerprint density at radius 1 is 1.05 bits per heavy atom. The minimum absolute atomic E-state index is 0.241. The molecule has 0 saturated heterocycles. The molecule has 0 aliphatic rings. The summed E-state index contributed by atoms with van der Waals surface area (Å²) in [6.07, 6.45) is 4.95. The number of aryl methyl sites for hydroxylation is 1. The summed E-state index contributed by atoms with van der Waals surface area (Å²) in [5.41, 5.74) is 1.80. The van der Waals surface area contributed by atoms with Crippen LogP contribution < -0.4 is 15.1 Å². The van der Waals surface area contributed by atoms with Crippen LogP contribution in [0.25, 0.3) is 0 Å². The Hall–Kier alpha value is -4.21. The number of amides is 3. The second kappa shape index (κ2) is 12.8. The van der Waals surface area contributed by atoms with E-state index in [1.807, 2.05) is 68.4 Å². The number of carbonyl (C=O) groups excluding carboxylic acids is 3. The van der Waals surface area contributed by atoms with Gasteiger partial charge >= 0.3 is 6.03 Å². The van der Waals surface area contributed by atoms with Gasteiger partial charge in [-0.05, 0) is 36.1 Å². The van der Waals surface area contributed by atoms with Crippen molar-refractivity contribution < 1.29 is 14.4 Å². The number of nitrogens with zero attached hydrogens (tertiary/aromatic N) is 6. The number of nitrogens with one attached hydrogen (secondary N) is 1. The number of aldehydes is 1. The fourth-order valence-electron chi connectivity index (χ4n) is 4.47. The monoisotopic (exact) mass is 519 g/mol. The van der Waals surface area contributed by atoms with Gasteiger partial charge in [0.1, 0.15) is 24.0 Å². The lowest BCUT2D eigenvalue weighted by molar-refractivity contribution is -0.127. The summed E-state index contributed by atoms with van der Waals surface area (Å²) < 4.78 is 1.57. The van der Waals surface area contributed by atoms with E-state index in [1.165, 1.54) is 9.80 Å². The Bertz CT molecular complexity index is 1230. The number of rotatable bonds is 11. The molecule has 0 saturated carbocycles. The van der Waals surface area contributed by atoms with Crippen LogP contribution in [-0.4, -0.2) is 72.1 Å². The molecular formula is C28H37N7O3. The molecule has 3 atom stereocenters. The summed E-state index contributed by atoms with van der Waals surface area (Å²) in [5.74, 6) is 0.0934. The second-order valence-electron chi connectivity index (χ2n) is 9.51. The molecule has 0 aliphatic carbocycles. The lowest BCUT2D eigenvalue weighted by Crippen LogP contribution is -2.56. The van der Waals surface area contributed by atoms with E-state index in [4.69, 9.17) is 0 Å².